The van der Waals surface area contributed by atoms with E-state index in [9.17, 15) is 0 Å². The van der Waals surface area contributed by atoms with Gasteiger partial charge < -0.3 is 9.84 Å². The number of pyridine rings is 1. The van der Waals surface area contributed by atoms with Crippen LogP contribution in [0.5, 0.6) is 5.75 Å². The van der Waals surface area contributed by atoms with Gasteiger partial charge in [-0.2, -0.15) is 11.8 Å². The summed E-state index contributed by atoms with van der Waals surface area (Å²) < 4.78 is 5.35. The van der Waals surface area contributed by atoms with Crippen molar-refractivity contribution >= 4 is 11.8 Å². The Morgan fingerprint density at radius 2 is 2.19 bits per heavy atom. The third-order valence-corrected chi connectivity index (χ3v) is 3.49. The number of hydrogen-bond donors (Lipinski definition) is 1. The molecule has 0 aliphatic heterocycles. The zero-order valence-corrected chi connectivity index (χ0v) is 10.9. The fourth-order valence-corrected chi connectivity index (χ4v) is 2.51. The lowest BCUT2D eigenvalue weighted by Gasteiger charge is -2.11. The summed E-state index contributed by atoms with van der Waals surface area (Å²) in [7, 11) is 1.69. The molecule has 0 atom stereocenters. The lowest BCUT2D eigenvalue weighted by molar-refractivity contribution is 0.296. The Hall–Kier alpha value is -0.740. The zero-order valence-electron chi connectivity index (χ0n) is 10.1. The maximum atomic E-state index is 8.69. The number of thioether (sulfide) groups is 1. The van der Waals surface area contributed by atoms with E-state index >= 15 is 0 Å². The topological polar surface area (TPSA) is 42.4 Å². The van der Waals surface area contributed by atoms with Gasteiger partial charge in [0.2, 0.25) is 0 Å². The fourth-order valence-electron chi connectivity index (χ4n) is 1.55. The van der Waals surface area contributed by atoms with E-state index in [-0.39, 0.29) is 6.61 Å². The molecular formula is C12H19NO2S. The SMILES string of the molecule is COc1c(C)cnc(CSCCCO)c1C. The molecular weight excluding hydrogens is 222 g/mol. The molecule has 0 radical (unpaired) electrons. The van der Waals surface area contributed by atoms with Gasteiger partial charge in [0, 0.05) is 29.7 Å². The highest BCUT2D eigenvalue weighted by molar-refractivity contribution is 7.98. The van der Waals surface area contributed by atoms with Gasteiger partial charge in [0.05, 0.1) is 12.8 Å². The number of rotatable bonds is 6. The van der Waals surface area contributed by atoms with E-state index in [4.69, 9.17) is 9.84 Å². The average molecular weight is 241 g/mol. The Balaban J connectivity index is 2.66. The third-order valence-electron chi connectivity index (χ3n) is 2.44. The molecule has 0 spiro atoms. The summed E-state index contributed by atoms with van der Waals surface area (Å²) >= 11 is 1.79. The molecule has 1 N–H and O–H groups in total. The van der Waals surface area contributed by atoms with Gasteiger partial charge in [-0.1, -0.05) is 0 Å². The largest absolute Gasteiger partial charge is 0.496 e. The molecule has 0 amide bonds. The Morgan fingerprint density at radius 3 is 2.81 bits per heavy atom. The second-order valence-electron chi connectivity index (χ2n) is 3.68. The first-order chi connectivity index (χ1) is 7.70. The van der Waals surface area contributed by atoms with Crippen molar-refractivity contribution in [3.05, 3.63) is 23.0 Å². The number of nitrogens with zero attached hydrogens (tertiary/aromatic N) is 1. The van der Waals surface area contributed by atoms with E-state index in [0.717, 1.165) is 40.5 Å². The molecule has 0 fully saturated rings. The molecule has 1 rings (SSSR count). The second-order valence-corrected chi connectivity index (χ2v) is 4.78. The van der Waals surface area contributed by atoms with Crippen LogP contribution in [0.1, 0.15) is 23.2 Å². The maximum Gasteiger partial charge on any atom is 0.128 e. The molecule has 3 nitrogen and oxygen atoms in total. The van der Waals surface area contributed by atoms with Crippen LogP contribution < -0.4 is 4.74 Å². The van der Waals surface area contributed by atoms with Gasteiger partial charge in [-0.3, -0.25) is 4.98 Å². The van der Waals surface area contributed by atoms with E-state index < -0.39 is 0 Å². The highest BCUT2D eigenvalue weighted by Crippen LogP contribution is 2.26. The lowest BCUT2D eigenvalue weighted by atomic mass is 10.1. The van der Waals surface area contributed by atoms with Crippen molar-refractivity contribution in [2.75, 3.05) is 19.5 Å². The van der Waals surface area contributed by atoms with Crippen LogP contribution in [0.15, 0.2) is 6.20 Å². The van der Waals surface area contributed by atoms with Crippen LogP contribution >= 0.6 is 11.8 Å². The average Bonchev–Trinajstić information content (AvgIpc) is 2.28. The Kier molecular flexibility index (Phi) is 5.63. The van der Waals surface area contributed by atoms with Crippen molar-refractivity contribution in [1.82, 2.24) is 4.98 Å². The highest BCUT2D eigenvalue weighted by Gasteiger charge is 2.08. The monoisotopic (exact) mass is 241 g/mol. The number of aliphatic hydroxyl groups excluding tert-OH is 1. The predicted molar refractivity (Wildman–Crippen MR) is 68.1 cm³/mol. The second kappa shape index (κ2) is 6.76. The molecule has 0 saturated heterocycles. The van der Waals surface area contributed by atoms with Crippen molar-refractivity contribution in [3.63, 3.8) is 0 Å². The van der Waals surface area contributed by atoms with Gasteiger partial charge in [-0.15, -0.1) is 0 Å². The van der Waals surface area contributed by atoms with Gasteiger partial charge in [-0.25, -0.2) is 0 Å². The normalized spacial score (nSPS) is 10.5. The van der Waals surface area contributed by atoms with Crippen LogP contribution in [-0.2, 0) is 5.75 Å². The molecule has 4 heteroatoms. The summed E-state index contributed by atoms with van der Waals surface area (Å²) in [6.07, 6.45) is 2.69. The summed E-state index contributed by atoms with van der Waals surface area (Å²) in [4.78, 5) is 4.42. The molecule has 0 unspecified atom stereocenters. The molecule has 1 aromatic rings. The number of aromatic nitrogens is 1. The van der Waals surface area contributed by atoms with E-state index in [1.54, 1.807) is 18.9 Å². The Bertz CT molecular complexity index is 342. The van der Waals surface area contributed by atoms with Crippen LogP contribution in [0.3, 0.4) is 0 Å². The van der Waals surface area contributed by atoms with Gasteiger partial charge in [0.1, 0.15) is 5.75 Å². The number of aryl methyl sites for hydroxylation is 1. The number of hydrogen-bond acceptors (Lipinski definition) is 4. The number of aliphatic hydroxyl groups is 1. The number of ether oxygens (including phenoxy) is 1. The van der Waals surface area contributed by atoms with Gasteiger partial charge in [0.15, 0.2) is 0 Å². The van der Waals surface area contributed by atoms with Crippen molar-refractivity contribution in [1.29, 1.82) is 0 Å². The van der Waals surface area contributed by atoms with Crippen molar-refractivity contribution in [2.24, 2.45) is 0 Å². The molecule has 0 aromatic carbocycles. The van der Waals surface area contributed by atoms with Crippen molar-refractivity contribution in [2.45, 2.75) is 26.0 Å². The minimum absolute atomic E-state index is 0.261. The van der Waals surface area contributed by atoms with E-state index in [2.05, 4.69) is 4.98 Å². The minimum atomic E-state index is 0.261. The fraction of sp³-hybridized carbons (Fsp3) is 0.583. The van der Waals surface area contributed by atoms with Crippen molar-refractivity contribution in [3.8, 4) is 5.75 Å². The molecule has 90 valence electrons. The molecule has 0 aliphatic rings. The summed E-state index contributed by atoms with van der Waals surface area (Å²) in [5.41, 5.74) is 3.27. The first-order valence-electron chi connectivity index (χ1n) is 5.38. The smallest absolute Gasteiger partial charge is 0.128 e. The molecule has 0 aliphatic carbocycles. The zero-order chi connectivity index (χ0) is 12.0. The molecule has 0 bridgehead atoms. The first-order valence-corrected chi connectivity index (χ1v) is 6.53. The minimum Gasteiger partial charge on any atom is -0.496 e. The van der Waals surface area contributed by atoms with Crippen LogP contribution in [0.25, 0.3) is 0 Å². The summed E-state index contributed by atoms with van der Waals surface area (Å²) in [5.74, 6) is 2.78. The van der Waals surface area contributed by atoms with E-state index in [1.807, 2.05) is 20.0 Å². The van der Waals surface area contributed by atoms with E-state index in [0.29, 0.717) is 0 Å². The van der Waals surface area contributed by atoms with Gasteiger partial charge in [0.25, 0.3) is 0 Å². The van der Waals surface area contributed by atoms with Gasteiger partial charge in [-0.05, 0) is 26.0 Å². The van der Waals surface area contributed by atoms with Crippen LogP contribution in [0.4, 0.5) is 0 Å². The quantitative estimate of drug-likeness (QED) is 0.776. The standard InChI is InChI=1S/C12H19NO2S/c1-9-7-13-11(8-16-6-4-5-14)10(2)12(9)15-3/h7,14H,4-6,8H2,1-3H3. The maximum absolute atomic E-state index is 8.69. The molecule has 16 heavy (non-hydrogen) atoms. The summed E-state index contributed by atoms with van der Waals surface area (Å²) in [6, 6.07) is 0. The van der Waals surface area contributed by atoms with E-state index in [1.165, 1.54) is 0 Å². The Labute approximate surface area is 101 Å². The molecule has 1 heterocycles. The van der Waals surface area contributed by atoms with Crippen LogP contribution in [0, 0.1) is 13.8 Å². The van der Waals surface area contributed by atoms with Crippen LogP contribution in [-0.4, -0.2) is 29.6 Å². The summed E-state index contributed by atoms with van der Waals surface area (Å²) in [6.45, 7) is 4.30. The molecule has 0 saturated carbocycles. The first kappa shape index (κ1) is 13.3. The third kappa shape index (κ3) is 3.39. The summed E-state index contributed by atoms with van der Waals surface area (Å²) in [5, 5.41) is 8.69. The Morgan fingerprint density at radius 1 is 1.44 bits per heavy atom. The number of methoxy groups -OCH3 is 1. The highest BCUT2D eigenvalue weighted by atomic mass is 32.2. The van der Waals surface area contributed by atoms with Crippen LogP contribution in [0.2, 0.25) is 0 Å². The lowest BCUT2D eigenvalue weighted by Crippen LogP contribution is -1.99. The molecule has 1 aromatic heterocycles. The van der Waals surface area contributed by atoms with Gasteiger partial charge >= 0.3 is 0 Å². The predicted octanol–water partition coefficient (Wildman–Crippen LogP) is 2.32. The van der Waals surface area contributed by atoms with Crippen molar-refractivity contribution < 1.29 is 9.84 Å².